The summed E-state index contributed by atoms with van der Waals surface area (Å²) < 4.78 is 10.6. The molecule has 1 aromatic carbocycles. The minimum atomic E-state index is -0.551. The topological polar surface area (TPSA) is 55.5 Å². The number of aromatic nitrogens is 1. The first kappa shape index (κ1) is 11.7. The number of rotatable bonds is 4. The van der Waals surface area contributed by atoms with Gasteiger partial charge in [-0.15, -0.1) is 0 Å². The molecule has 0 aliphatic rings. The van der Waals surface area contributed by atoms with E-state index in [1.165, 1.54) is 0 Å². The van der Waals surface area contributed by atoms with Crippen LogP contribution in [0.3, 0.4) is 0 Å². The van der Waals surface area contributed by atoms with Gasteiger partial charge in [0, 0.05) is 11.6 Å². The van der Waals surface area contributed by atoms with E-state index in [0.29, 0.717) is 12.4 Å². The van der Waals surface area contributed by atoms with Crippen molar-refractivity contribution in [3.63, 3.8) is 0 Å². The van der Waals surface area contributed by atoms with E-state index in [1.807, 2.05) is 37.3 Å². The maximum atomic E-state index is 9.59. The number of hydrogen-bond donors (Lipinski definition) is 1. The highest BCUT2D eigenvalue weighted by Gasteiger charge is 2.09. The van der Waals surface area contributed by atoms with Gasteiger partial charge in [-0.3, -0.25) is 0 Å². The van der Waals surface area contributed by atoms with Crippen LogP contribution in [0.4, 0.5) is 0 Å². The van der Waals surface area contributed by atoms with Gasteiger partial charge in [-0.2, -0.15) is 0 Å². The molecule has 0 aliphatic carbocycles. The largest absolute Gasteiger partial charge is 0.487 e. The summed E-state index contributed by atoms with van der Waals surface area (Å²) in [4.78, 5) is 0. The van der Waals surface area contributed by atoms with Crippen LogP contribution < -0.4 is 4.74 Å². The van der Waals surface area contributed by atoms with Crippen LogP contribution in [-0.2, 0) is 6.61 Å². The van der Waals surface area contributed by atoms with Crippen LogP contribution in [0, 0.1) is 6.92 Å². The van der Waals surface area contributed by atoms with Gasteiger partial charge in [-0.05, 0) is 19.9 Å². The van der Waals surface area contributed by atoms with Gasteiger partial charge in [-0.25, -0.2) is 0 Å². The zero-order valence-electron chi connectivity index (χ0n) is 9.88. The molecule has 0 amide bonds. The molecule has 0 radical (unpaired) electrons. The number of hydrogen-bond acceptors (Lipinski definition) is 4. The molecule has 1 heterocycles. The van der Waals surface area contributed by atoms with Crippen molar-refractivity contribution in [3.05, 3.63) is 47.3 Å². The van der Waals surface area contributed by atoms with Gasteiger partial charge < -0.3 is 14.4 Å². The molecule has 0 bridgehead atoms. The molecular formula is C13H15NO3. The summed E-state index contributed by atoms with van der Waals surface area (Å²) in [7, 11) is 0. The quantitative estimate of drug-likeness (QED) is 0.881. The summed E-state index contributed by atoms with van der Waals surface area (Å²) in [5.41, 5.74) is 1.51. The van der Waals surface area contributed by atoms with Crippen LogP contribution in [0.5, 0.6) is 5.75 Å². The van der Waals surface area contributed by atoms with Crippen molar-refractivity contribution >= 4 is 0 Å². The van der Waals surface area contributed by atoms with Crippen LogP contribution in [0.15, 0.2) is 34.9 Å². The lowest BCUT2D eigenvalue weighted by molar-refractivity contribution is 0.189. The second-order valence-corrected chi connectivity index (χ2v) is 3.93. The van der Waals surface area contributed by atoms with Crippen molar-refractivity contribution in [2.45, 2.75) is 26.6 Å². The van der Waals surface area contributed by atoms with Gasteiger partial charge in [0.2, 0.25) is 0 Å². The Hall–Kier alpha value is -1.81. The van der Waals surface area contributed by atoms with Crippen molar-refractivity contribution in [1.29, 1.82) is 0 Å². The van der Waals surface area contributed by atoms with E-state index in [4.69, 9.17) is 9.26 Å². The molecule has 0 saturated heterocycles. The molecule has 17 heavy (non-hydrogen) atoms. The fraction of sp³-hybridized carbons (Fsp3) is 0.308. The Balaban J connectivity index is 2.08. The number of aliphatic hydroxyl groups is 1. The lowest BCUT2D eigenvalue weighted by Gasteiger charge is -2.11. The Morgan fingerprint density at radius 1 is 1.41 bits per heavy atom. The third-order valence-electron chi connectivity index (χ3n) is 2.42. The zero-order chi connectivity index (χ0) is 12.3. The Morgan fingerprint density at radius 2 is 2.18 bits per heavy atom. The summed E-state index contributed by atoms with van der Waals surface area (Å²) in [5.74, 6) is 1.43. The maximum absolute atomic E-state index is 9.59. The lowest BCUT2D eigenvalue weighted by atomic mass is 10.1. The van der Waals surface area contributed by atoms with Crippen LogP contribution in [0.25, 0.3) is 0 Å². The predicted molar refractivity (Wildman–Crippen MR) is 62.6 cm³/mol. The average Bonchev–Trinajstić information content (AvgIpc) is 2.73. The van der Waals surface area contributed by atoms with E-state index in [-0.39, 0.29) is 0 Å². The number of para-hydroxylation sites is 1. The third kappa shape index (κ3) is 2.85. The fourth-order valence-electron chi connectivity index (χ4n) is 1.59. The first-order valence-electron chi connectivity index (χ1n) is 5.49. The molecule has 0 aliphatic heterocycles. The number of ether oxygens (including phenoxy) is 1. The summed E-state index contributed by atoms with van der Waals surface area (Å²) >= 11 is 0. The molecule has 0 unspecified atom stereocenters. The van der Waals surface area contributed by atoms with Crippen LogP contribution in [0.1, 0.15) is 30.0 Å². The average molecular weight is 233 g/mol. The molecule has 4 nitrogen and oxygen atoms in total. The Bertz CT molecular complexity index is 491. The highest BCUT2D eigenvalue weighted by molar-refractivity contribution is 5.34. The van der Waals surface area contributed by atoms with Crippen LogP contribution in [-0.4, -0.2) is 10.3 Å². The number of aryl methyl sites for hydroxylation is 1. The van der Waals surface area contributed by atoms with E-state index >= 15 is 0 Å². The molecule has 1 atom stereocenters. The maximum Gasteiger partial charge on any atom is 0.134 e. The molecule has 90 valence electrons. The highest BCUT2D eigenvalue weighted by Crippen LogP contribution is 2.25. The normalized spacial score (nSPS) is 12.4. The predicted octanol–water partition coefficient (Wildman–Crippen LogP) is 2.62. The standard InChI is InChI=1S/C13H15NO3/c1-9-7-11(14-17-9)8-16-13-6-4-3-5-12(13)10(2)15/h3-7,10,15H,8H2,1-2H3/t10-/m0/s1. The van der Waals surface area contributed by atoms with Gasteiger partial charge in [0.15, 0.2) is 0 Å². The molecule has 2 rings (SSSR count). The number of nitrogens with zero attached hydrogens (tertiary/aromatic N) is 1. The van der Waals surface area contributed by atoms with E-state index < -0.39 is 6.10 Å². The molecule has 4 heteroatoms. The second-order valence-electron chi connectivity index (χ2n) is 3.93. The molecule has 2 aromatic rings. The van der Waals surface area contributed by atoms with E-state index in [2.05, 4.69) is 5.16 Å². The van der Waals surface area contributed by atoms with Gasteiger partial charge in [0.25, 0.3) is 0 Å². The molecular weight excluding hydrogens is 218 g/mol. The number of benzene rings is 1. The van der Waals surface area contributed by atoms with E-state index in [9.17, 15) is 5.11 Å². The second kappa shape index (κ2) is 5.01. The Morgan fingerprint density at radius 3 is 2.82 bits per heavy atom. The molecule has 0 fully saturated rings. The fourth-order valence-corrected chi connectivity index (χ4v) is 1.59. The van der Waals surface area contributed by atoms with Crippen molar-refractivity contribution in [2.24, 2.45) is 0 Å². The van der Waals surface area contributed by atoms with Gasteiger partial charge in [0.05, 0.1) is 6.10 Å². The monoisotopic (exact) mass is 233 g/mol. The molecule has 0 saturated carbocycles. The van der Waals surface area contributed by atoms with Crippen molar-refractivity contribution in [1.82, 2.24) is 5.16 Å². The van der Waals surface area contributed by atoms with Crippen molar-refractivity contribution in [2.75, 3.05) is 0 Å². The van der Waals surface area contributed by atoms with Gasteiger partial charge in [0.1, 0.15) is 23.8 Å². The van der Waals surface area contributed by atoms with Crippen LogP contribution >= 0.6 is 0 Å². The zero-order valence-corrected chi connectivity index (χ0v) is 9.88. The van der Waals surface area contributed by atoms with Crippen LogP contribution in [0.2, 0.25) is 0 Å². The van der Waals surface area contributed by atoms with Gasteiger partial charge >= 0.3 is 0 Å². The smallest absolute Gasteiger partial charge is 0.134 e. The molecule has 1 N–H and O–H groups in total. The first-order valence-corrected chi connectivity index (χ1v) is 5.49. The number of aliphatic hydroxyl groups excluding tert-OH is 1. The van der Waals surface area contributed by atoms with Crippen molar-refractivity contribution < 1.29 is 14.4 Å². The SMILES string of the molecule is Cc1cc(COc2ccccc2[C@H](C)O)no1. The summed E-state index contributed by atoms with van der Waals surface area (Å²) in [6, 6.07) is 9.23. The summed E-state index contributed by atoms with van der Waals surface area (Å²) in [5, 5.41) is 13.4. The summed E-state index contributed by atoms with van der Waals surface area (Å²) in [6.45, 7) is 3.88. The molecule has 1 aromatic heterocycles. The molecule has 0 spiro atoms. The lowest BCUT2D eigenvalue weighted by Crippen LogP contribution is -2.00. The highest BCUT2D eigenvalue weighted by atomic mass is 16.5. The minimum absolute atomic E-state index is 0.334. The van der Waals surface area contributed by atoms with Gasteiger partial charge in [-0.1, -0.05) is 23.4 Å². The van der Waals surface area contributed by atoms with E-state index in [1.54, 1.807) is 6.92 Å². The summed E-state index contributed by atoms with van der Waals surface area (Å²) in [6.07, 6.45) is -0.551. The van der Waals surface area contributed by atoms with Crippen molar-refractivity contribution in [3.8, 4) is 5.75 Å². The third-order valence-corrected chi connectivity index (χ3v) is 2.42. The Labute approximate surface area is 99.8 Å². The van der Waals surface area contributed by atoms with E-state index in [0.717, 1.165) is 17.0 Å². The first-order chi connectivity index (χ1) is 8.16. The minimum Gasteiger partial charge on any atom is -0.487 e. The Kier molecular flexibility index (Phi) is 3.44.